The number of alkyl halides is 2. The first kappa shape index (κ1) is 15.0. The Hall–Kier alpha value is -1.42. The average Bonchev–Trinajstić information content (AvgIpc) is 2.45. The number of hydrogen-bond donors (Lipinski definition) is 1. The van der Waals surface area contributed by atoms with Gasteiger partial charge in [0, 0.05) is 6.04 Å². The van der Waals surface area contributed by atoms with E-state index in [1.165, 1.54) is 18.9 Å². The lowest BCUT2D eigenvalue weighted by atomic mass is 9.90. The fourth-order valence-corrected chi connectivity index (χ4v) is 2.57. The molecule has 0 spiro atoms. The van der Waals surface area contributed by atoms with Crippen molar-refractivity contribution in [3.63, 3.8) is 0 Å². The van der Waals surface area contributed by atoms with Crippen LogP contribution in [-0.2, 0) is 0 Å². The molecule has 1 aliphatic rings. The second-order valence-electron chi connectivity index (χ2n) is 5.17. The summed E-state index contributed by atoms with van der Waals surface area (Å²) in [6.45, 7) is 0.490. The Morgan fingerprint density at radius 3 is 3.05 bits per heavy atom. The van der Waals surface area contributed by atoms with Crippen LogP contribution in [0, 0.1) is 5.92 Å². The standard InChI is InChI=1S/C16H21F2NO/c1-2-12-8-9-19-14(10-12)7-6-13-4-3-5-15(11-13)20-16(17)18/h3-7,11-12,14,16,19H,2,8-10H2,1H3/b7-6+. The molecule has 2 nitrogen and oxygen atoms in total. The van der Waals surface area contributed by atoms with Crippen LogP contribution in [0.3, 0.4) is 0 Å². The average molecular weight is 281 g/mol. The molecule has 110 valence electrons. The molecule has 2 unspecified atom stereocenters. The molecule has 20 heavy (non-hydrogen) atoms. The van der Waals surface area contributed by atoms with Crippen molar-refractivity contribution in [2.45, 2.75) is 38.8 Å². The monoisotopic (exact) mass is 281 g/mol. The van der Waals surface area contributed by atoms with E-state index in [0.717, 1.165) is 24.4 Å². The maximum atomic E-state index is 12.2. The van der Waals surface area contributed by atoms with Gasteiger partial charge in [0.2, 0.25) is 0 Å². The van der Waals surface area contributed by atoms with E-state index in [1.54, 1.807) is 12.1 Å². The summed E-state index contributed by atoms with van der Waals surface area (Å²) in [5, 5.41) is 3.46. The molecule has 0 amide bonds. The van der Waals surface area contributed by atoms with Gasteiger partial charge in [0.05, 0.1) is 0 Å². The van der Waals surface area contributed by atoms with E-state index in [-0.39, 0.29) is 5.75 Å². The van der Waals surface area contributed by atoms with Gasteiger partial charge in [-0.25, -0.2) is 0 Å². The van der Waals surface area contributed by atoms with Gasteiger partial charge in [0.25, 0.3) is 0 Å². The van der Waals surface area contributed by atoms with Crippen molar-refractivity contribution in [3.8, 4) is 5.75 Å². The molecule has 1 heterocycles. The summed E-state index contributed by atoms with van der Waals surface area (Å²) in [4.78, 5) is 0. The van der Waals surface area contributed by atoms with Crippen LogP contribution in [0.15, 0.2) is 30.3 Å². The fourth-order valence-electron chi connectivity index (χ4n) is 2.57. The molecular weight excluding hydrogens is 260 g/mol. The Morgan fingerprint density at radius 2 is 2.30 bits per heavy atom. The van der Waals surface area contributed by atoms with Gasteiger partial charge in [-0.05, 0) is 43.0 Å². The first-order valence-electron chi connectivity index (χ1n) is 7.14. The van der Waals surface area contributed by atoms with Gasteiger partial charge in [-0.3, -0.25) is 0 Å². The van der Waals surface area contributed by atoms with Gasteiger partial charge in [0.15, 0.2) is 0 Å². The first-order valence-corrected chi connectivity index (χ1v) is 7.14. The van der Waals surface area contributed by atoms with Crippen LogP contribution < -0.4 is 10.1 Å². The Kier molecular flexibility index (Phi) is 5.53. The normalized spacial score (nSPS) is 23.4. The lowest BCUT2D eigenvalue weighted by Crippen LogP contribution is -2.36. The summed E-state index contributed by atoms with van der Waals surface area (Å²) in [5.74, 6) is 0.976. The maximum Gasteiger partial charge on any atom is 0.387 e. The maximum absolute atomic E-state index is 12.2. The summed E-state index contributed by atoms with van der Waals surface area (Å²) < 4.78 is 28.7. The molecular formula is C16H21F2NO. The molecule has 1 aliphatic heterocycles. The van der Waals surface area contributed by atoms with Crippen LogP contribution in [0.25, 0.3) is 6.08 Å². The summed E-state index contributed by atoms with van der Waals surface area (Å²) in [7, 11) is 0. The molecule has 0 radical (unpaired) electrons. The van der Waals surface area contributed by atoms with Crippen molar-refractivity contribution in [1.29, 1.82) is 0 Å². The van der Waals surface area contributed by atoms with Crippen molar-refractivity contribution < 1.29 is 13.5 Å². The van der Waals surface area contributed by atoms with Crippen molar-refractivity contribution in [2.75, 3.05) is 6.54 Å². The summed E-state index contributed by atoms with van der Waals surface area (Å²) in [5.41, 5.74) is 0.878. The molecule has 1 aromatic carbocycles. The highest BCUT2D eigenvalue weighted by Crippen LogP contribution is 2.21. The number of halogens is 2. The van der Waals surface area contributed by atoms with Gasteiger partial charge in [-0.15, -0.1) is 0 Å². The van der Waals surface area contributed by atoms with E-state index in [2.05, 4.69) is 23.1 Å². The largest absolute Gasteiger partial charge is 0.435 e. The number of piperidine rings is 1. The number of rotatable bonds is 5. The molecule has 0 aromatic heterocycles. The van der Waals surface area contributed by atoms with Gasteiger partial charge >= 0.3 is 6.61 Å². The molecule has 0 aliphatic carbocycles. The third-order valence-corrected chi connectivity index (χ3v) is 3.73. The number of hydrogen-bond acceptors (Lipinski definition) is 2. The molecule has 4 heteroatoms. The summed E-state index contributed by atoms with van der Waals surface area (Å²) in [6.07, 6.45) is 7.67. The van der Waals surface area contributed by atoms with Crippen LogP contribution in [-0.4, -0.2) is 19.2 Å². The highest BCUT2D eigenvalue weighted by atomic mass is 19.3. The second kappa shape index (κ2) is 7.39. The molecule has 1 aromatic rings. The topological polar surface area (TPSA) is 21.3 Å². The van der Waals surface area contributed by atoms with Crippen LogP contribution >= 0.6 is 0 Å². The third-order valence-electron chi connectivity index (χ3n) is 3.73. The van der Waals surface area contributed by atoms with Crippen molar-refractivity contribution >= 4 is 6.08 Å². The highest BCUT2D eigenvalue weighted by molar-refractivity contribution is 5.52. The van der Waals surface area contributed by atoms with Crippen LogP contribution in [0.1, 0.15) is 31.7 Å². The van der Waals surface area contributed by atoms with E-state index < -0.39 is 6.61 Å². The molecule has 1 fully saturated rings. The number of ether oxygens (including phenoxy) is 1. The lowest BCUT2D eigenvalue weighted by Gasteiger charge is -2.27. The van der Waals surface area contributed by atoms with Crippen molar-refractivity contribution in [2.24, 2.45) is 5.92 Å². The van der Waals surface area contributed by atoms with E-state index in [1.807, 2.05) is 12.1 Å². The van der Waals surface area contributed by atoms with Gasteiger partial charge in [-0.2, -0.15) is 8.78 Å². The van der Waals surface area contributed by atoms with Gasteiger partial charge < -0.3 is 10.1 Å². The number of benzene rings is 1. The Bertz CT molecular complexity index is 448. The van der Waals surface area contributed by atoms with E-state index >= 15 is 0 Å². The Morgan fingerprint density at radius 1 is 1.45 bits per heavy atom. The fraction of sp³-hybridized carbons (Fsp3) is 0.500. The molecule has 2 atom stereocenters. The lowest BCUT2D eigenvalue weighted by molar-refractivity contribution is -0.0498. The van der Waals surface area contributed by atoms with Gasteiger partial charge in [0.1, 0.15) is 5.75 Å². The molecule has 0 bridgehead atoms. The van der Waals surface area contributed by atoms with E-state index in [4.69, 9.17) is 0 Å². The van der Waals surface area contributed by atoms with Gasteiger partial charge in [-0.1, -0.05) is 37.6 Å². The minimum absolute atomic E-state index is 0.199. The Labute approximate surface area is 118 Å². The van der Waals surface area contributed by atoms with Crippen LogP contribution in [0.5, 0.6) is 5.75 Å². The molecule has 0 saturated carbocycles. The smallest absolute Gasteiger partial charge is 0.387 e. The van der Waals surface area contributed by atoms with E-state index in [0.29, 0.717) is 6.04 Å². The molecule has 1 saturated heterocycles. The predicted octanol–water partition coefficient (Wildman–Crippen LogP) is 4.08. The zero-order chi connectivity index (χ0) is 14.4. The molecule has 1 N–H and O–H groups in total. The minimum atomic E-state index is -2.78. The zero-order valence-corrected chi connectivity index (χ0v) is 11.7. The van der Waals surface area contributed by atoms with Crippen molar-refractivity contribution in [1.82, 2.24) is 5.32 Å². The van der Waals surface area contributed by atoms with Crippen LogP contribution in [0.2, 0.25) is 0 Å². The summed E-state index contributed by atoms with van der Waals surface area (Å²) in [6, 6.07) is 7.14. The SMILES string of the molecule is CCC1CCNC(/C=C/c2cccc(OC(F)F)c2)C1. The number of nitrogens with one attached hydrogen (secondary N) is 1. The van der Waals surface area contributed by atoms with Crippen molar-refractivity contribution in [3.05, 3.63) is 35.9 Å². The van der Waals surface area contributed by atoms with Crippen LogP contribution in [0.4, 0.5) is 8.78 Å². The molecule has 2 rings (SSSR count). The minimum Gasteiger partial charge on any atom is -0.435 e. The highest BCUT2D eigenvalue weighted by Gasteiger charge is 2.17. The predicted molar refractivity (Wildman–Crippen MR) is 76.9 cm³/mol. The van der Waals surface area contributed by atoms with E-state index in [9.17, 15) is 8.78 Å². The first-order chi connectivity index (χ1) is 9.67. The quantitative estimate of drug-likeness (QED) is 0.878. The Balaban J connectivity index is 1.96. The summed E-state index contributed by atoms with van der Waals surface area (Å²) >= 11 is 0. The zero-order valence-electron chi connectivity index (χ0n) is 11.7. The third kappa shape index (κ3) is 4.60. The second-order valence-corrected chi connectivity index (χ2v) is 5.17.